The van der Waals surface area contributed by atoms with Gasteiger partial charge in [-0.25, -0.2) is 9.18 Å². The van der Waals surface area contributed by atoms with Gasteiger partial charge in [0.1, 0.15) is 12.4 Å². The highest BCUT2D eigenvalue weighted by Gasteiger charge is 2.37. The van der Waals surface area contributed by atoms with Crippen LogP contribution in [0.3, 0.4) is 0 Å². The smallest absolute Gasteiger partial charge is 0.413 e. The van der Waals surface area contributed by atoms with Crippen LogP contribution in [0, 0.1) is 5.82 Å². The normalized spacial score (nSPS) is 20.5. The van der Waals surface area contributed by atoms with Crippen molar-refractivity contribution in [1.82, 2.24) is 4.90 Å². The second kappa shape index (κ2) is 11.2. The number of anilines is 2. The topological polar surface area (TPSA) is 97.4 Å². The van der Waals surface area contributed by atoms with Crippen LogP contribution in [-0.2, 0) is 23.8 Å². The number of benzene rings is 1. The molecule has 0 spiro atoms. The van der Waals surface area contributed by atoms with Crippen LogP contribution >= 0.6 is 22.9 Å². The lowest BCUT2D eigenvalue weighted by atomic mass is 10.2. The van der Waals surface area contributed by atoms with Crippen molar-refractivity contribution in [2.75, 3.05) is 43.6 Å². The van der Waals surface area contributed by atoms with Crippen LogP contribution in [0.1, 0.15) is 11.3 Å². The fourth-order valence-corrected chi connectivity index (χ4v) is 4.74. The maximum absolute atomic E-state index is 14.6. The van der Waals surface area contributed by atoms with E-state index in [-0.39, 0.29) is 43.2 Å². The number of nitrogens with zero attached hydrogens (tertiary/aromatic N) is 2. The quantitative estimate of drug-likeness (QED) is 0.579. The number of halogens is 2. The summed E-state index contributed by atoms with van der Waals surface area (Å²) in [7, 11) is 1.51. The molecule has 2 aliphatic rings. The molecule has 35 heavy (non-hydrogen) atoms. The summed E-state index contributed by atoms with van der Waals surface area (Å²) in [5.74, 6) is -1.37. The van der Waals surface area contributed by atoms with E-state index in [1.807, 2.05) is 0 Å². The van der Waals surface area contributed by atoms with Gasteiger partial charge in [0, 0.05) is 36.7 Å². The van der Waals surface area contributed by atoms with E-state index in [0.29, 0.717) is 23.2 Å². The Morgan fingerprint density at radius 2 is 2.14 bits per heavy atom. The Morgan fingerprint density at radius 3 is 2.83 bits per heavy atom. The van der Waals surface area contributed by atoms with E-state index < -0.39 is 18.1 Å². The monoisotopic (exact) mass is 523 g/mol. The Kier molecular flexibility index (Phi) is 8.01. The molecule has 3 amide bonds. The molecule has 2 aliphatic heterocycles. The van der Waals surface area contributed by atoms with E-state index in [0.717, 1.165) is 10.9 Å². The fourth-order valence-electron chi connectivity index (χ4n) is 3.77. The van der Waals surface area contributed by atoms with E-state index >= 15 is 0 Å². The molecule has 0 unspecified atom stereocenters. The molecule has 0 saturated carbocycles. The Bertz CT molecular complexity index is 1140. The second-order valence-electron chi connectivity index (χ2n) is 7.81. The summed E-state index contributed by atoms with van der Waals surface area (Å²) in [4.78, 5) is 40.8. The number of thiophene rings is 1. The molecule has 0 radical (unpaired) electrons. The predicted octanol–water partition coefficient (Wildman–Crippen LogP) is 3.74. The van der Waals surface area contributed by atoms with E-state index in [2.05, 4.69) is 5.32 Å². The number of ether oxygens (including phenoxy) is 3. The lowest BCUT2D eigenvalue weighted by molar-refractivity contribution is -0.132. The number of likely N-dealkylation sites (tertiary alicyclic amines) is 1. The molecule has 12 heteroatoms. The fraction of sp³-hybridized carbons (Fsp3) is 0.348. The molecule has 4 rings (SSSR count). The van der Waals surface area contributed by atoms with E-state index in [1.165, 1.54) is 46.5 Å². The molecule has 2 atom stereocenters. The third-order valence-electron chi connectivity index (χ3n) is 5.54. The van der Waals surface area contributed by atoms with Gasteiger partial charge in [0.05, 0.1) is 29.3 Å². The number of methoxy groups -OCH3 is 1. The van der Waals surface area contributed by atoms with Crippen molar-refractivity contribution in [3.63, 3.8) is 0 Å². The zero-order valence-corrected chi connectivity index (χ0v) is 20.3. The van der Waals surface area contributed by atoms with Crippen LogP contribution in [0.25, 0.3) is 6.08 Å². The maximum Gasteiger partial charge on any atom is 0.413 e. The average molecular weight is 524 g/mol. The molecule has 1 aromatic carbocycles. The summed E-state index contributed by atoms with van der Waals surface area (Å²) in [5, 5.41) is 2.36. The molecular weight excluding hydrogens is 501 g/mol. The zero-order chi connectivity index (χ0) is 24.9. The van der Waals surface area contributed by atoms with Crippen molar-refractivity contribution in [2.45, 2.75) is 18.8 Å². The number of carbonyl (C=O) groups is 3. The number of amides is 3. The predicted molar refractivity (Wildman–Crippen MR) is 129 cm³/mol. The van der Waals surface area contributed by atoms with Crippen LogP contribution in [0.5, 0.6) is 0 Å². The average Bonchev–Trinajstić information content (AvgIpc) is 3.45. The summed E-state index contributed by atoms with van der Waals surface area (Å²) in [5.41, 5.74) is 0.247. The first-order chi connectivity index (χ1) is 16.8. The minimum atomic E-state index is -0.923. The first-order valence-corrected chi connectivity index (χ1v) is 12.0. The van der Waals surface area contributed by atoms with Gasteiger partial charge in [-0.3, -0.25) is 14.9 Å². The maximum atomic E-state index is 14.6. The molecule has 9 nitrogen and oxygen atoms in total. The standard InChI is InChI=1S/C23H23ClFN3O6S/c1-32-15-11-22(28(12-15)20(29)7-4-16-3-6-19(24)35-16)34-23(31)26-18-5-2-14(10-17(18)25)27-8-9-33-13-21(27)30/h2-7,10,15,22H,8-9,11-13H2,1H3,(H,26,31)/b7-4+/t15-,22-/m1/s1. The van der Waals surface area contributed by atoms with Crippen molar-refractivity contribution >= 4 is 58.3 Å². The van der Waals surface area contributed by atoms with Gasteiger partial charge in [0.2, 0.25) is 5.91 Å². The van der Waals surface area contributed by atoms with E-state index in [9.17, 15) is 18.8 Å². The summed E-state index contributed by atoms with van der Waals surface area (Å²) in [6, 6.07) is 7.55. The number of hydrogen-bond donors (Lipinski definition) is 1. The van der Waals surface area contributed by atoms with Crippen molar-refractivity contribution < 1.29 is 33.0 Å². The number of carbonyl (C=O) groups excluding carboxylic acids is 3. The van der Waals surface area contributed by atoms with Gasteiger partial charge in [0.25, 0.3) is 5.91 Å². The zero-order valence-electron chi connectivity index (χ0n) is 18.7. The lowest BCUT2D eigenvalue weighted by Crippen LogP contribution is -2.41. The van der Waals surface area contributed by atoms with Crippen molar-refractivity contribution in [3.8, 4) is 0 Å². The minimum absolute atomic E-state index is 0.0662. The van der Waals surface area contributed by atoms with Crippen molar-refractivity contribution in [2.24, 2.45) is 0 Å². The molecular formula is C23H23ClFN3O6S. The lowest BCUT2D eigenvalue weighted by Gasteiger charge is -2.27. The van der Waals surface area contributed by atoms with E-state index in [1.54, 1.807) is 18.2 Å². The van der Waals surface area contributed by atoms with E-state index in [4.69, 9.17) is 25.8 Å². The molecule has 2 fully saturated rings. The van der Waals surface area contributed by atoms with Gasteiger partial charge in [-0.05, 0) is 36.4 Å². The van der Waals surface area contributed by atoms with Gasteiger partial charge in [-0.1, -0.05) is 11.6 Å². The van der Waals surface area contributed by atoms with Gasteiger partial charge >= 0.3 is 6.09 Å². The summed E-state index contributed by atoms with van der Waals surface area (Å²) in [6.45, 7) is 0.838. The number of morpholine rings is 1. The van der Waals surface area contributed by atoms with Crippen LogP contribution in [-0.4, -0.2) is 68.6 Å². The summed E-state index contributed by atoms with van der Waals surface area (Å²) >= 11 is 7.24. The van der Waals surface area contributed by atoms with Crippen molar-refractivity contribution in [1.29, 1.82) is 0 Å². The molecule has 186 valence electrons. The molecule has 2 aromatic rings. The third kappa shape index (κ3) is 6.17. The van der Waals surface area contributed by atoms with Gasteiger partial charge < -0.3 is 24.0 Å². The molecule has 3 heterocycles. The van der Waals surface area contributed by atoms with Crippen molar-refractivity contribution in [3.05, 3.63) is 51.4 Å². The highest BCUT2D eigenvalue weighted by molar-refractivity contribution is 7.17. The molecule has 2 saturated heterocycles. The largest absolute Gasteiger partial charge is 0.425 e. The molecule has 0 aliphatic carbocycles. The van der Waals surface area contributed by atoms with Crippen LogP contribution < -0.4 is 10.2 Å². The number of nitrogens with one attached hydrogen (secondary N) is 1. The Morgan fingerprint density at radius 1 is 1.31 bits per heavy atom. The highest BCUT2D eigenvalue weighted by atomic mass is 35.5. The highest BCUT2D eigenvalue weighted by Crippen LogP contribution is 2.26. The summed E-state index contributed by atoms with van der Waals surface area (Å²) < 4.78 is 31.1. The SMILES string of the molecule is CO[C@@H]1C[C@@H](OC(=O)Nc2ccc(N3CCOCC3=O)cc2F)N(C(=O)/C=C/c2ccc(Cl)s2)C1. The Balaban J connectivity index is 1.39. The van der Waals surface area contributed by atoms with Crippen LogP contribution in [0.4, 0.5) is 20.6 Å². The third-order valence-corrected chi connectivity index (χ3v) is 6.74. The molecule has 0 bridgehead atoms. The number of rotatable bonds is 6. The summed E-state index contributed by atoms with van der Waals surface area (Å²) in [6.07, 6.45) is 1.15. The van der Waals surface area contributed by atoms with Crippen LogP contribution in [0.15, 0.2) is 36.4 Å². The minimum Gasteiger partial charge on any atom is -0.425 e. The first-order valence-electron chi connectivity index (χ1n) is 10.8. The molecule has 1 N–H and O–H groups in total. The van der Waals surface area contributed by atoms with Crippen LogP contribution in [0.2, 0.25) is 4.34 Å². The second-order valence-corrected chi connectivity index (χ2v) is 9.55. The number of hydrogen-bond acceptors (Lipinski definition) is 7. The Labute approximate surface area is 210 Å². The van der Waals surface area contributed by atoms with Gasteiger partial charge in [0.15, 0.2) is 6.23 Å². The first kappa shape index (κ1) is 25.1. The molecule has 1 aromatic heterocycles. The van der Waals surface area contributed by atoms with Gasteiger partial charge in [-0.2, -0.15) is 0 Å². The Hall–Kier alpha value is -2.99. The van der Waals surface area contributed by atoms with Gasteiger partial charge in [-0.15, -0.1) is 11.3 Å².